The Kier molecular flexibility index (Phi) is 5.32. The van der Waals surface area contributed by atoms with Crippen LogP contribution in [0.4, 0.5) is 5.69 Å². The first-order valence-corrected chi connectivity index (χ1v) is 9.18. The van der Waals surface area contributed by atoms with E-state index in [0.717, 1.165) is 5.56 Å². The van der Waals surface area contributed by atoms with Crippen molar-refractivity contribution in [2.24, 2.45) is 0 Å². The van der Waals surface area contributed by atoms with E-state index in [2.05, 4.69) is 5.32 Å². The molecule has 0 aliphatic carbocycles. The molecule has 0 atom stereocenters. The first-order chi connectivity index (χ1) is 12.4. The lowest BCUT2D eigenvalue weighted by molar-refractivity contribution is 0.0699. The summed E-state index contributed by atoms with van der Waals surface area (Å²) in [6, 6.07) is 11.9. The number of halogens is 2. The molecule has 0 bridgehead atoms. The number of benzene rings is 2. The van der Waals surface area contributed by atoms with Gasteiger partial charge < -0.3 is 10.4 Å². The summed E-state index contributed by atoms with van der Waals surface area (Å²) >= 11 is 13.3. The molecular formula is C19H13Cl2NO3S. The maximum absolute atomic E-state index is 12.4. The molecule has 2 aromatic carbocycles. The van der Waals surface area contributed by atoms with E-state index >= 15 is 0 Å². The summed E-state index contributed by atoms with van der Waals surface area (Å²) in [5.41, 5.74) is 2.26. The average Bonchev–Trinajstić information content (AvgIpc) is 2.99. The number of aryl methyl sites for hydroxylation is 1. The van der Waals surface area contributed by atoms with Crippen molar-refractivity contribution < 1.29 is 14.7 Å². The fourth-order valence-electron chi connectivity index (χ4n) is 2.43. The molecule has 1 amide bonds. The summed E-state index contributed by atoms with van der Waals surface area (Å²) in [4.78, 5) is 24.7. The van der Waals surface area contributed by atoms with Crippen LogP contribution in [0.25, 0.3) is 10.4 Å². The molecule has 0 fully saturated rings. The van der Waals surface area contributed by atoms with Gasteiger partial charge in [0.2, 0.25) is 0 Å². The first kappa shape index (κ1) is 18.5. The third kappa shape index (κ3) is 3.75. The van der Waals surface area contributed by atoms with Gasteiger partial charge in [0.15, 0.2) is 0 Å². The molecule has 26 heavy (non-hydrogen) atoms. The van der Waals surface area contributed by atoms with Crippen LogP contribution >= 0.6 is 34.5 Å². The number of carboxylic acid groups (broad SMARTS) is 1. The Labute approximate surface area is 164 Å². The summed E-state index contributed by atoms with van der Waals surface area (Å²) in [5.74, 6) is -1.52. The number of thiophene rings is 1. The largest absolute Gasteiger partial charge is 0.478 e. The normalized spacial score (nSPS) is 10.6. The fourth-order valence-corrected chi connectivity index (χ4v) is 4.03. The van der Waals surface area contributed by atoms with Crippen LogP contribution in [-0.2, 0) is 0 Å². The highest BCUT2D eigenvalue weighted by molar-refractivity contribution is 7.14. The maximum Gasteiger partial charge on any atom is 0.339 e. The maximum atomic E-state index is 12.4. The van der Waals surface area contributed by atoms with Gasteiger partial charge in [-0.05, 0) is 31.2 Å². The number of aromatic carboxylic acids is 1. The Morgan fingerprint density at radius 3 is 2.38 bits per heavy atom. The molecule has 3 rings (SSSR count). The van der Waals surface area contributed by atoms with Gasteiger partial charge >= 0.3 is 5.97 Å². The van der Waals surface area contributed by atoms with Crippen LogP contribution in [0.2, 0.25) is 10.0 Å². The monoisotopic (exact) mass is 405 g/mol. The molecule has 2 N–H and O–H groups in total. The number of hydrogen-bond acceptors (Lipinski definition) is 3. The van der Waals surface area contributed by atoms with Gasteiger partial charge in [-0.3, -0.25) is 4.79 Å². The van der Waals surface area contributed by atoms with Crippen LogP contribution < -0.4 is 5.32 Å². The fraction of sp³-hybridized carbons (Fsp3) is 0.0526. The van der Waals surface area contributed by atoms with Crippen molar-refractivity contribution in [3.8, 4) is 10.4 Å². The predicted octanol–water partition coefficient (Wildman–Crippen LogP) is 5.98. The standard InChI is InChI=1S/C19H13Cl2NO3S/c1-10-2-4-11(5-3-10)18(23)22-15-9-26-17(16(15)19(24)25)13-7-6-12(20)8-14(13)21/h2-9H,1H3,(H,22,23)(H,24,25). The minimum Gasteiger partial charge on any atom is -0.478 e. The Morgan fingerprint density at radius 2 is 1.77 bits per heavy atom. The van der Waals surface area contributed by atoms with Gasteiger partial charge in [0, 0.05) is 21.5 Å². The highest BCUT2D eigenvalue weighted by Crippen LogP contribution is 2.40. The Balaban J connectivity index is 1.98. The van der Waals surface area contributed by atoms with E-state index in [1.54, 1.807) is 35.7 Å². The molecule has 3 aromatic rings. The summed E-state index contributed by atoms with van der Waals surface area (Å²) < 4.78 is 0. The minimum atomic E-state index is -1.15. The van der Waals surface area contributed by atoms with E-state index in [9.17, 15) is 14.7 Å². The van der Waals surface area contributed by atoms with E-state index in [4.69, 9.17) is 23.2 Å². The van der Waals surface area contributed by atoms with Crippen molar-refractivity contribution in [3.63, 3.8) is 0 Å². The quantitative estimate of drug-likeness (QED) is 0.560. The van der Waals surface area contributed by atoms with Crippen LogP contribution in [0.1, 0.15) is 26.3 Å². The highest BCUT2D eigenvalue weighted by Gasteiger charge is 2.22. The lowest BCUT2D eigenvalue weighted by Gasteiger charge is -2.08. The third-order valence-electron chi connectivity index (χ3n) is 3.74. The van der Waals surface area contributed by atoms with E-state index in [-0.39, 0.29) is 17.2 Å². The lowest BCUT2D eigenvalue weighted by atomic mass is 10.1. The van der Waals surface area contributed by atoms with Crippen LogP contribution in [0, 0.1) is 6.92 Å². The SMILES string of the molecule is Cc1ccc(C(=O)Nc2csc(-c3ccc(Cl)cc3Cl)c2C(=O)O)cc1. The van der Waals surface area contributed by atoms with Crippen LogP contribution in [-0.4, -0.2) is 17.0 Å². The van der Waals surface area contributed by atoms with Gasteiger partial charge in [0.1, 0.15) is 5.56 Å². The molecular weight excluding hydrogens is 393 g/mol. The molecule has 0 saturated carbocycles. The average molecular weight is 406 g/mol. The summed E-state index contributed by atoms with van der Waals surface area (Å²) in [6.45, 7) is 1.92. The second kappa shape index (κ2) is 7.50. The van der Waals surface area contributed by atoms with E-state index in [0.29, 0.717) is 26.0 Å². The third-order valence-corrected chi connectivity index (χ3v) is 5.30. The van der Waals surface area contributed by atoms with E-state index < -0.39 is 5.97 Å². The number of amides is 1. The van der Waals surface area contributed by atoms with Crippen molar-refractivity contribution in [3.05, 3.63) is 74.6 Å². The molecule has 1 aromatic heterocycles. The Hall–Kier alpha value is -2.34. The summed E-state index contributed by atoms with van der Waals surface area (Å²) in [6.07, 6.45) is 0. The molecule has 0 aliphatic heterocycles. The second-order valence-corrected chi connectivity index (χ2v) is 7.33. The zero-order chi connectivity index (χ0) is 18.8. The van der Waals surface area contributed by atoms with Crippen LogP contribution in [0.5, 0.6) is 0 Å². The number of carbonyl (C=O) groups excluding carboxylic acids is 1. The van der Waals surface area contributed by atoms with Gasteiger partial charge in [-0.15, -0.1) is 11.3 Å². The molecule has 0 aliphatic rings. The van der Waals surface area contributed by atoms with Crippen LogP contribution in [0.15, 0.2) is 47.8 Å². The summed E-state index contributed by atoms with van der Waals surface area (Å²) in [5, 5.41) is 14.7. The predicted molar refractivity (Wildman–Crippen MR) is 106 cm³/mol. The molecule has 0 radical (unpaired) electrons. The Morgan fingerprint density at radius 1 is 1.08 bits per heavy atom. The van der Waals surface area contributed by atoms with Gasteiger partial charge in [-0.25, -0.2) is 4.79 Å². The van der Waals surface area contributed by atoms with Gasteiger partial charge in [-0.2, -0.15) is 0 Å². The minimum absolute atomic E-state index is 0.000292. The highest BCUT2D eigenvalue weighted by atomic mass is 35.5. The molecule has 0 saturated heterocycles. The number of carbonyl (C=O) groups is 2. The molecule has 4 nitrogen and oxygen atoms in total. The number of rotatable bonds is 4. The summed E-state index contributed by atoms with van der Waals surface area (Å²) in [7, 11) is 0. The number of carboxylic acids is 1. The molecule has 0 unspecified atom stereocenters. The molecule has 7 heteroatoms. The number of nitrogens with one attached hydrogen (secondary N) is 1. The zero-order valence-corrected chi connectivity index (χ0v) is 15.9. The second-order valence-electron chi connectivity index (χ2n) is 5.60. The van der Waals surface area contributed by atoms with E-state index in [1.165, 1.54) is 11.3 Å². The van der Waals surface area contributed by atoms with Crippen molar-refractivity contribution in [2.45, 2.75) is 6.92 Å². The van der Waals surface area contributed by atoms with Crippen molar-refractivity contribution >= 4 is 52.1 Å². The molecule has 1 heterocycles. The van der Waals surface area contributed by atoms with Crippen LogP contribution in [0.3, 0.4) is 0 Å². The smallest absolute Gasteiger partial charge is 0.339 e. The lowest BCUT2D eigenvalue weighted by Crippen LogP contribution is -2.14. The number of hydrogen-bond donors (Lipinski definition) is 2. The van der Waals surface area contributed by atoms with E-state index in [1.807, 2.05) is 19.1 Å². The van der Waals surface area contributed by atoms with Gasteiger partial charge in [-0.1, -0.05) is 47.0 Å². The zero-order valence-electron chi connectivity index (χ0n) is 13.5. The molecule has 0 spiro atoms. The molecule has 132 valence electrons. The van der Waals surface area contributed by atoms with Crippen molar-refractivity contribution in [1.29, 1.82) is 0 Å². The van der Waals surface area contributed by atoms with Gasteiger partial charge in [0.05, 0.1) is 15.6 Å². The van der Waals surface area contributed by atoms with Gasteiger partial charge in [0.25, 0.3) is 5.91 Å². The topological polar surface area (TPSA) is 66.4 Å². The van der Waals surface area contributed by atoms with Crippen molar-refractivity contribution in [2.75, 3.05) is 5.32 Å². The first-order valence-electron chi connectivity index (χ1n) is 7.55. The van der Waals surface area contributed by atoms with Crippen molar-refractivity contribution in [1.82, 2.24) is 0 Å². The number of anilines is 1. The Bertz CT molecular complexity index is 997.